The molecule has 4 rings (SSSR count). The van der Waals surface area contributed by atoms with Crippen molar-refractivity contribution >= 4 is 5.97 Å². The van der Waals surface area contributed by atoms with Gasteiger partial charge in [-0.2, -0.15) is 0 Å². The second kappa shape index (κ2) is 5.07. The van der Waals surface area contributed by atoms with Crippen LogP contribution in [0.5, 0.6) is 0 Å². The molecule has 6 atom stereocenters. The molecule has 4 aliphatic rings. The first kappa shape index (κ1) is 16.6. The number of hydrogen-bond acceptors (Lipinski definition) is 3. The Labute approximate surface area is 144 Å². The van der Waals surface area contributed by atoms with Gasteiger partial charge in [0.1, 0.15) is 0 Å². The van der Waals surface area contributed by atoms with Gasteiger partial charge in [0.25, 0.3) is 0 Å². The Morgan fingerprint density at radius 1 is 1.17 bits per heavy atom. The van der Waals surface area contributed by atoms with Crippen LogP contribution in [0.3, 0.4) is 0 Å². The molecule has 0 bridgehead atoms. The number of allylic oxidation sites excluding steroid dienone is 1. The van der Waals surface area contributed by atoms with E-state index in [1.54, 1.807) is 0 Å². The number of carboxylic acid groups (broad SMARTS) is 1. The summed E-state index contributed by atoms with van der Waals surface area (Å²) in [5.41, 5.74) is 2.09. The highest BCUT2D eigenvalue weighted by Gasteiger charge is 2.60. The molecule has 6 unspecified atom stereocenters. The third-order valence-electron chi connectivity index (χ3n) is 8.21. The number of aliphatic hydroxyl groups is 1. The average Bonchev–Trinajstić information content (AvgIpc) is 2.82. The molecular weight excluding hydrogens is 304 g/mol. The fourth-order valence-electron chi connectivity index (χ4n) is 6.62. The van der Waals surface area contributed by atoms with E-state index >= 15 is 0 Å². The molecule has 4 heteroatoms. The van der Waals surface area contributed by atoms with Crippen molar-refractivity contribution in [3.8, 4) is 0 Å². The molecule has 0 amide bonds. The van der Waals surface area contributed by atoms with E-state index in [4.69, 9.17) is 4.74 Å². The topological polar surface area (TPSA) is 66.8 Å². The first-order valence-electron chi connectivity index (χ1n) is 9.49. The third-order valence-corrected chi connectivity index (χ3v) is 8.21. The summed E-state index contributed by atoms with van der Waals surface area (Å²) in [6.45, 7) is 6.87. The molecule has 0 aromatic rings. The van der Waals surface area contributed by atoms with Crippen molar-refractivity contribution < 1.29 is 19.7 Å². The van der Waals surface area contributed by atoms with Gasteiger partial charge < -0.3 is 14.9 Å². The summed E-state index contributed by atoms with van der Waals surface area (Å²) in [6.07, 6.45) is 6.33. The van der Waals surface area contributed by atoms with Crippen LogP contribution >= 0.6 is 0 Å². The van der Waals surface area contributed by atoms with Crippen molar-refractivity contribution in [2.45, 2.75) is 77.9 Å². The van der Waals surface area contributed by atoms with Crippen LogP contribution in [0.1, 0.15) is 65.7 Å². The van der Waals surface area contributed by atoms with Crippen molar-refractivity contribution in [3.63, 3.8) is 0 Å². The first-order chi connectivity index (χ1) is 11.2. The van der Waals surface area contributed by atoms with Crippen molar-refractivity contribution in [3.05, 3.63) is 11.1 Å². The van der Waals surface area contributed by atoms with Crippen LogP contribution in [0, 0.1) is 22.2 Å². The zero-order valence-corrected chi connectivity index (χ0v) is 15.1. The van der Waals surface area contributed by atoms with E-state index < -0.39 is 11.4 Å². The first-order valence-corrected chi connectivity index (χ1v) is 9.49. The van der Waals surface area contributed by atoms with Crippen LogP contribution < -0.4 is 0 Å². The van der Waals surface area contributed by atoms with Crippen LogP contribution in [0.25, 0.3) is 0 Å². The summed E-state index contributed by atoms with van der Waals surface area (Å²) in [5, 5.41) is 20.3. The summed E-state index contributed by atoms with van der Waals surface area (Å²) >= 11 is 0. The van der Waals surface area contributed by atoms with E-state index in [1.165, 1.54) is 11.1 Å². The lowest BCUT2D eigenvalue weighted by Crippen LogP contribution is -2.53. The van der Waals surface area contributed by atoms with E-state index in [0.29, 0.717) is 6.61 Å². The van der Waals surface area contributed by atoms with Crippen molar-refractivity contribution in [2.24, 2.45) is 22.2 Å². The Morgan fingerprint density at radius 2 is 1.92 bits per heavy atom. The van der Waals surface area contributed by atoms with Crippen molar-refractivity contribution in [2.75, 3.05) is 6.61 Å². The van der Waals surface area contributed by atoms with Crippen LogP contribution in [-0.4, -0.2) is 35.0 Å². The molecule has 3 aliphatic carbocycles. The maximum atomic E-state index is 12.0. The Balaban J connectivity index is 1.78. The molecule has 24 heavy (non-hydrogen) atoms. The monoisotopic (exact) mass is 334 g/mol. The number of ether oxygens (including phenoxy) is 1. The Bertz CT molecular complexity index is 611. The smallest absolute Gasteiger partial charge is 0.309 e. The van der Waals surface area contributed by atoms with E-state index in [-0.39, 0.29) is 29.0 Å². The molecular formula is C20H30O4. The maximum absolute atomic E-state index is 12.0. The molecule has 1 saturated carbocycles. The maximum Gasteiger partial charge on any atom is 0.309 e. The van der Waals surface area contributed by atoms with Crippen LogP contribution in [0.2, 0.25) is 0 Å². The van der Waals surface area contributed by atoms with Gasteiger partial charge in [0.2, 0.25) is 0 Å². The molecule has 0 aromatic heterocycles. The standard InChI is InChI=1S/C20H30O4/c1-18-8-4-9-19(2,17(22)23)14(18)6-5-12-13(18)7-10-20(3)15(21)11-24-16(12)20/h14-16,21H,4-11H2,1-3H3,(H,22,23). The fraction of sp³-hybridized carbons (Fsp3) is 0.850. The van der Waals surface area contributed by atoms with Crippen LogP contribution in [0.4, 0.5) is 0 Å². The van der Waals surface area contributed by atoms with Gasteiger partial charge in [-0.05, 0) is 62.4 Å². The number of carbonyl (C=O) groups is 1. The highest BCUT2D eigenvalue weighted by molar-refractivity contribution is 5.75. The number of carboxylic acids is 1. The van der Waals surface area contributed by atoms with E-state index in [1.807, 2.05) is 6.92 Å². The summed E-state index contributed by atoms with van der Waals surface area (Å²) in [7, 11) is 0. The second-order valence-corrected chi connectivity index (χ2v) is 9.32. The predicted octanol–water partition coefficient (Wildman–Crippen LogP) is 3.53. The lowest BCUT2D eigenvalue weighted by atomic mass is 9.47. The summed E-state index contributed by atoms with van der Waals surface area (Å²) in [5.74, 6) is -0.415. The zero-order valence-electron chi connectivity index (χ0n) is 15.1. The molecule has 134 valence electrons. The SMILES string of the molecule is CC1(C(=O)O)CCCC2(C)C3=C(CCC12)C1OCC(O)C1(C)CC3. The molecule has 1 heterocycles. The van der Waals surface area contributed by atoms with E-state index in [0.717, 1.165) is 44.9 Å². The highest BCUT2D eigenvalue weighted by Crippen LogP contribution is 2.64. The predicted molar refractivity (Wildman–Crippen MR) is 90.5 cm³/mol. The van der Waals surface area contributed by atoms with E-state index in [2.05, 4.69) is 13.8 Å². The molecule has 4 nitrogen and oxygen atoms in total. The van der Waals surface area contributed by atoms with Gasteiger partial charge in [0.15, 0.2) is 0 Å². The van der Waals surface area contributed by atoms with E-state index in [9.17, 15) is 15.0 Å². The van der Waals surface area contributed by atoms with Crippen molar-refractivity contribution in [1.29, 1.82) is 0 Å². The molecule has 2 fully saturated rings. The number of aliphatic hydroxyl groups excluding tert-OH is 1. The molecule has 2 N–H and O–H groups in total. The average molecular weight is 334 g/mol. The molecule has 1 saturated heterocycles. The quantitative estimate of drug-likeness (QED) is 0.720. The third kappa shape index (κ3) is 1.90. The van der Waals surface area contributed by atoms with Gasteiger partial charge in [0.05, 0.1) is 24.2 Å². The van der Waals surface area contributed by atoms with Gasteiger partial charge in [0, 0.05) is 5.41 Å². The molecule has 0 aromatic carbocycles. The largest absolute Gasteiger partial charge is 0.481 e. The van der Waals surface area contributed by atoms with Crippen LogP contribution in [-0.2, 0) is 9.53 Å². The minimum Gasteiger partial charge on any atom is -0.481 e. The molecule has 0 radical (unpaired) electrons. The highest BCUT2D eigenvalue weighted by atomic mass is 16.5. The summed E-state index contributed by atoms with van der Waals surface area (Å²) < 4.78 is 6.04. The lowest BCUT2D eigenvalue weighted by Gasteiger charge is -2.57. The number of fused-ring (bicyclic) bond motifs is 4. The Kier molecular flexibility index (Phi) is 3.51. The number of hydrogen-bond donors (Lipinski definition) is 2. The lowest BCUT2D eigenvalue weighted by molar-refractivity contribution is -0.159. The van der Waals surface area contributed by atoms with Gasteiger partial charge in [-0.1, -0.05) is 25.8 Å². The van der Waals surface area contributed by atoms with Crippen LogP contribution in [0.15, 0.2) is 11.1 Å². The number of rotatable bonds is 1. The summed E-state index contributed by atoms with van der Waals surface area (Å²) in [4.78, 5) is 12.0. The van der Waals surface area contributed by atoms with Gasteiger partial charge in [-0.15, -0.1) is 0 Å². The zero-order chi connectivity index (χ0) is 17.3. The minimum atomic E-state index is -0.629. The summed E-state index contributed by atoms with van der Waals surface area (Å²) in [6, 6.07) is 0. The van der Waals surface area contributed by atoms with Crippen molar-refractivity contribution in [1.82, 2.24) is 0 Å². The second-order valence-electron chi connectivity index (χ2n) is 9.32. The Morgan fingerprint density at radius 3 is 2.62 bits per heavy atom. The molecule has 0 spiro atoms. The Hall–Kier alpha value is -0.870. The van der Waals surface area contributed by atoms with Gasteiger partial charge >= 0.3 is 5.97 Å². The normalized spacial score (nSPS) is 50.9. The fourth-order valence-corrected chi connectivity index (χ4v) is 6.62. The minimum absolute atomic E-state index is 0.0167. The molecule has 1 aliphatic heterocycles. The van der Waals surface area contributed by atoms with Gasteiger partial charge in [-0.3, -0.25) is 4.79 Å². The number of aliphatic carboxylic acids is 1. The van der Waals surface area contributed by atoms with Gasteiger partial charge in [-0.25, -0.2) is 0 Å².